The molecule has 5 heteroatoms. The SMILES string of the molecule is Clc1ccc(COc2cccc(CCCNCC3CNC3)c2)c(Br)c1. The van der Waals surface area contributed by atoms with Crippen molar-refractivity contribution in [2.45, 2.75) is 19.4 Å². The van der Waals surface area contributed by atoms with E-state index in [1.165, 1.54) is 5.56 Å². The molecule has 1 aliphatic heterocycles. The smallest absolute Gasteiger partial charge is 0.120 e. The van der Waals surface area contributed by atoms with E-state index in [1.54, 1.807) is 0 Å². The number of benzene rings is 2. The number of halogens is 2. The van der Waals surface area contributed by atoms with E-state index in [0.717, 1.165) is 65.7 Å². The van der Waals surface area contributed by atoms with Crippen LogP contribution in [-0.4, -0.2) is 26.2 Å². The lowest BCUT2D eigenvalue weighted by atomic mass is 10.0. The van der Waals surface area contributed by atoms with Crippen LogP contribution in [-0.2, 0) is 13.0 Å². The van der Waals surface area contributed by atoms with E-state index in [-0.39, 0.29) is 0 Å². The third-order valence-electron chi connectivity index (χ3n) is 4.43. The van der Waals surface area contributed by atoms with Crippen LogP contribution < -0.4 is 15.4 Å². The fourth-order valence-electron chi connectivity index (χ4n) is 2.81. The van der Waals surface area contributed by atoms with Crippen LogP contribution in [0.4, 0.5) is 0 Å². The van der Waals surface area contributed by atoms with Crippen molar-refractivity contribution in [3.63, 3.8) is 0 Å². The van der Waals surface area contributed by atoms with Crippen LogP contribution in [0, 0.1) is 5.92 Å². The molecule has 1 heterocycles. The minimum Gasteiger partial charge on any atom is -0.489 e. The Labute approximate surface area is 163 Å². The molecule has 3 rings (SSSR count). The van der Waals surface area contributed by atoms with Gasteiger partial charge in [-0.05, 0) is 55.1 Å². The Balaban J connectivity index is 1.42. The van der Waals surface area contributed by atoms with Crippen molar-refractivity contribution in [3.05, 3.63) is 63.1 Å². The van der Waals surface area contributed by atoms with Crippen LogP contribution in [0.15, 0.2) is 46.9 Å². The minimum atomic E-state index is 0.526. The van der Waals surface area contributed by atoms with E-state index in [1.807, 2.05) is 24.3 Å². The van der Waals surface area contributed by atoms with Crippen LogP contribution >= 0.6 is 27.5 Å². The quantitative estimate of drug-likeness (QED) is 0.586. The molecule has 1 fully saturated rings. The van der Waals surface area contributed by atoms with Crippen LogP contribution in [0.2, 0.25) is 5.02 Å². The first-order valence-corrected chi connectivity index (χ1v) is 9.95. The highest BCUT2D eigenvalue weighted by Gasteiger charge is 2.15. The zero-order valence-electron chi connectivity index (χ0n) is 14.2. The Morgan fingerprint density at radius 3 is 2.84 bits per heavy atom. The lowest BCUT2D eigenvalue weighted by Crippen LogP contribution is -2.47. The molecule has 3 nitrogen and oxygen atoms in total. The molecule has 0 radical (unpaired) electrons. The van der Waals surface area contributed by atoms with E-state index in [0.29, 0.717) is 6.61 Å². The fraction of sp³-hybridized carbons (Fsp3) is 0.400. The summed E-state index contributed by atoms with van der Waals surface area (Å²) in [6, 6.07) is 14.1. The zero-order valence-corrected chi connectivity index (χ0v) is 16.6. The van der Waals surface area contributed by atoms with Gasteiger partial charge in [0.05, 0.1) is 0 Å². The number of ether oxygens (including phenoxy) is 1. The number of aryl methyl sites for hydroxylation is 1. The third kappa shape index (κ3) is 6.00. The minimum absolute atomic E-state index is 0.526. The van der Waals surface area contributed by atoms with E-state index in [4.69, 9.17) is 16.3 Å². The third-order valence-corrected chi connectivity index (χ3v) is 5.40. The van der Waals surface area contributed by atoms with Gasteiger partial charge in [-0.1, -0.05) is 45.7 Å². The van der Waals surface area contributed by atoms with Gasteiger partial charge in [-0.3, -0.25) is 0 Å². The summed E-state index contributed by atoms with van der Waals surface area (Å²) in [5, 5.41) is 7.57. The Hall–Kier alpha value is -1.07. The Bertz CT molecular complexity index is 691. The molecule has 1 aliphatic rings. The average Bonchev–Trinajstić information content (AvgIpc) is 2.56. The van der Waals surface area contributed by atoms with Gasteiger partial charge in [0.2, 0.25) is 0 Å². The molecule has 2 N–H and O–H groups in total. The van der Waals surface area contributed by atoms with Gasteiger partial charge in [-0.25, -0.2) is 0 Å². The molecule has 1 saturated heterocycles. The Morgan fingerprint density at radius 1 is 1.20 bits per heavy atom. The highest BCUT2D eigenvalue weighted by molar-refractivity contribution is 9.10. The van der Waals surface area contributed by atoms with Gasteiger partial charge in [0.25, 0.3) is 0 Å². The van der Waals surface area contributed by atoms with Crippen LogP contribution in [0.25, 0.3) is 0 Å². The second kappa shape index (κ2) is 9.58. The van der Waals surface area contributed by atoms with Gasteiger partial charge >= 0.3 is 0 Å². The summed E-state index contributed by atoms with van der Waals surface area (Å²) in [6.45, 7) is 5.05. The Kier molecular flexibility index (Phi) is 7.17. The van der Waals surface area contributed by atoms with Crippen molar-refractivity contribution in [3.8, 4) is 5.75 Å². The van der Waals surface area contributed by atoms with Crippen molar-refractivity contribution in [1.82, 2.24) is 10.6 Å². The first kappa shape index (κ1) is 18.7. The first-order chi connectivity index (χ1) is 12.2. The monoisotopic (exact) mass is 422 g/mol. The van der Waals surface area contributed by atoms with E-state index < -0.39 is 0 Å². The molecular weight excluding hydrogens is 400 g/mol. The zero-order chi connectivity index (χ0) is 17.5. The predicted octanol–water partition coefficient (Wildman–Crippen LogP) is 4.42. The second-order valence-corrected chi connectivity index (χ2v) is 7.79. The number of hydrogen-bond donors (Lipinski definition) is 2. The second-order valence-electron chi connectivity index (χ2n) is 6.50. The summed E-state index contributed by atoms with van der Waals surface area (Å²) in [5.41, 5.74) is 2.41. The molecular formula is C20H24BrClN2O. The Morgan fingerprint density at radius 2 is 2.08 bits per heavy atom. The molecule has 0 aliphatic carbocycles. The predicted molar refractivity (Wildman–Crippen MR) is 107 cm³/mol. The van der Waals surface area contributed by atoms with Crippen LogP contribution in [0.1, 0.15) is 17.5 Å². The van der Waals surface area contributed by atoms with Gasteiger partial charge in [-0.2, -0.15) is 0 Å². The van der Waals surface area contributed by atoms with Gasteiger partial charge in [0, 0.05) is 34.7 Å². The van der Waals surface area contributed by atoms with Crippen molar-refractivity contribution >= 4 is 27.5 Å². The van der Waals surface area contributed by atoms with Crippen molar-refractivity contribution < 1.29 is 4.74 Å². The first-order valence-electron chi connectivity index (χ1n) is 8.78. The average molecular weight is 424 g/mol. The lowest BCUT2D eigenvalue weighted by Gasteiger charge is -2.27. The summed E-state index contributed by atoms with van der Waals surface area (Å²) in [7, 11) is 0. The van der Waals surface area contributed by atoms with E-state index in [9.17, 15) is 0 Å². The molecule has 0 unspecified atom stereocenters. The molecule has 0 saturated carbocycles. The highest BCUT2D eigenvalue weighted by Crippen LogP contribution is 2.23. The summed E-state index contributed by atoms with van der Waals surface area (Å²) in [5.74, 6) is 1.73. The van der Waals surface area contributed by atoms with Gasteiger partial charge in [0.1, 0.15) is 12.4 Å². The maximum Gasteiger partial charge on any atom is 0.120 e. The summed E-state index contributed by atoms with van der Waals surface area (Å²) < 4.78 is 6.91. The van der Waals surface area contributed by atoms with Gasteiger partial charge < -0.3 is 15.4 Å². The molecule has 2 aromatic rings. The van der Waals surface area contributed by atoms with Crippen molar-refractivity contribution in [2.75, 3.05) is 26.2 Å². The number of rotatable bonds is 9. The van der Waals surface area contributed by atoms with Crippen molar-refractivity contribution in [1.29, 1.82) is 0 Å². The number of hydrogen-bond acceptors (Lipinski definition) is 3. The molecule has 0 aromatic heterocycles. The normalized spacial score (nSPS) is 14.3. The molecule has 0 bridgehead atoms. The molecule has 0 atom stereocenters. The molecule has 134 valence electrons. The summed E-state index contributed by atoms with van der Waals surface area (Å²) in [6.07, 6.45) is 2.21. The van der Waals surface area contributed by atoms with Crippen molar-refractivity contribution in [2.24, 2.45) is 5.92 Å². The van der Waals surface area contributed by atoms with Gasteiger partial charge in [-0.15, -0.1) is 0 Å². The highest BCUT2D eigenvalue weighted by atomic mass is 79.9. The maximum atomic E-state index is 5.98. The molecule has 2 aromatic carbocycles. The van der Waals surface area contributed by atoms with Crippen LogP contribution in [0.5, 0.6) is 5.75 Å². The lowest BCUT2D eigenvalue weighted by molar-refractivity contribution is 0.305. The standard InChI is InChI=1S/C20H24BrClN2O/c21-20-10-18(22)7-6-17(20)14-25-19-5-1-3-15(9-19)4-2-8-23-11-16-12-24-13-16/h1,3,5-7,9-10,16,23-24H,2,4,8,11-14H2. The molecule has 25 heavy (non-hydrogen) atoms. The van der Waals surface area contributed by atoms with Crippen LogP contribution in [0.3, 0.4) is 0 Å². The van der Waals surface area contributed by atoms with E-state index >= 15 is 0 Å². The molecule has 0 spiro atoms. The van der Waals surface area contributed by atoms with E-state index in [2.05, 4.69) is 44.8 Å². The topological polar surface area (TPSA) is 33.3 Å². The molecule has 0 amide bonds. The number of nitrogens with one attached hydrogen (secondary N) is 2. The summed E-state index contributed by atoms with van der Waals surface area (Å²) in [4.78, 5) is 0. The van der Waals surface area contributed by atoms with Gasteiger partial charge in [0.15, 0.2) is 0 Å². The maximum absolute atomic E-state index is 5.98. The largest absolute Gasteiger partial charge is 0.489 e. The summed E-state index contributed by atoms with van der Waals surface area (Å²) >= 11 is 9.50. The fourth-order valence-corrected chi connectivity index (χ4v) is 3.60.